The second kappa shape index (κ2) is 10.0. The summed E-state index contributed by atoms with van der Waals surface area (Å²) >= 11 is 0. The van der Waals surface area contributed by atoms with Crippen LogP contribution in [-0.2, 0) is 0 Å². The number of aliphatic imine (C=N–C) groups is 2. The van der Waals surface area contributed by atoms with Crippen LogP contribution in [0.15, 0.2) is 64.6 Å². The fourth-order valence-electron chi connectivity index (χ4n) is 2.48. The van der Waals surface area contributed by atoms with E-state index in [4.69, 9.17) is 11.5 Å². The van der Waals surface area contributed by atoms with Gasteiger partial charge in [0.25, 0.3) is 0 Å². The number of anilines is 2. The molecule has 3 rings (SSSR count). The average Bonchev–Trinajstić information content (AvgIpc) is 2.68. The molecule has 0 fully saturated rings. The Labute approximate surface area is 166 Å². The normalized spacial score (nSPS) is 10.4. The van der Waals surface area contributed by atoms with E-state index in [0.29, 0.717) is 22.7 Å². The molecule has 0 saturated carbocycles. The van der Waals surface area contributed by atoms with Crippen molar-refractivity contribution in [3.63, 3.8) is 0 Å². The Kier molecular flexibility index (Phi) is 7.45. The lowest BCUT2D eigenvalue weighted by molar-refractivity contribution is 1.09. The minimum Gasteiger partial charge on any atom is -0.397 e. The summed E-state index contributed by atoms with van der Waals surface area (Å²) in [4.78, 5) is 12.8. The number of nitrogens with zero attached hydrogens (tertiary/aromatic N) is 3. The van der Waals surface area contributed by atoms with Gasteiger partial charge in [0.1, 0.15) is 0 Å². The van der Waals surface area contributed by atoms with E-state index in [0.717, 1.165) is 22.5 Å². The highest BCUT2D eigenvalue weighted by Crippen LogP contribution is 2.32. The van der Waals surface area contributed by atoms with Crippen LogP contribution in [0, 0.1) is 6.92 Å². The van der Waals surface area contributed by atoms with Gasteiger partial charge in [-0.2, -0.15) is 0 Å². The second-order valence-corrected chi connectivity index (χ2v) is 6.37. The van der Waals surface area contributed by atoms with Crippen molar-refractivity contribution in [1.29, 1.82) is 0 Å². The Bertz CT molecular complexity index is 976. The molecule has 5 nitrogen and oxygen atoms in total. The highest BCUT2D eigenvalue weighted by Gasteiger charge is 2.05. The molecular formula is C23H27N5. The van der Waals surface area contributed by atoms with E-state index in [1.807, 2.05) is 61.5 Å². The molecule has 0 saturated heterocycles. The van der Waals surface area contributed by atoms with Gasteiger partial charge in [0.15, 0.2) is 0 Å². The Morgan fingerprint density at radius 1 is 0.929 bits per heavy atom. The molecule has 28 heavy (non-hydrogen) atoms. The third-order valence-corrected chi connectivity index (χ3v) is 3.81. The zero-order chi connectivity index (χ0) is 20.5. The summed E-state index contributed by atoms with van der Waals surface area (Å²) in [5.41, 5.74) is 18.3. The standard InChI is InChI=1S/C20H19N5.C3H8/c1-13-4-3-5-16(25-13)12-24-20-11-15(6-8-17(20)21)14-7-9-19(23-2)18(22)10-14;1-3-2/h3-12H,2,21-22H2,1H3;3H2,1-2H3. The SMILES string of the molecule is C=Nc1ccc(-c2ccc(N)c(N=Cc3cccc(C)n3)c2)cc1N.CCC. The smallest absolute Gasteiger partial charge is 0.0865 e. The molecule has 144 valence electrons. The van der Waals surface area contributed by atoms with Crippen LogP contribution in [0.4, 0.5) is 22.7 Å². The number of rotatable bonds is 4. The van der Waals surface area contributed by atoms with Crippen LogP contribution in [0.2, 0.25) is 0 Å². The van der Waals surface area contributed by atoms with E-state index in [9.17, 15) is 0 Å². The van der Waals surface area contributed by atoms with Crippen molar-refractivity contribution >= 4 is 35.7 Å². The number of hydrogen-bond donors (Lipinski definition) is 2. The largest absolute Gasteiger partial charge is 0.397 e. The molecule has 0 aliphatic rings. The van der Waals surface area contributed by atoms with Crippen molar-refractivity contribution < 1.29 is 0 Å². The number of aromatic nitrogens is 1. The minimum atomic E-state index is 0.582. The van der Waals surface area contributed by atoms with Crippen LogP contribution in [0.5, 0.6) is 0 Å². The molecule has 3 aromatic rings. The van der Waals surface area contributed by atoms with Crippen LogP contribution in [-0.4, -0.2) is 17.9 Å². The summed E-state index contributed by atoms with van der Waals surface area (Å²) in [5.74, 6) is 0. The zero-order valence-electron chi connectivity index (χ0n) is 16.7. The lowest BCUT2D eigenvalue weighted by atomic mass is 10.0. The summed E-state index contributed by atoms with van der Waals surface area (Å²) in [5, 5.41) is 0. The first-order chi connectivity index (χ1) is 13.5. The van der Waals surface area contributed by atoms with Crippen LogP contribution in [0.25, 0.3) is 11.1 Å². The van der Waals surface area contributed by atoms with E-state index < -0.39 is 0 Å². The van der Waals surface area contributed by atoms with Gasteiger partial charge >= 0.3 is 0 Å². The number of nitrogen functional groups attached to an aromatic ring is 2. The molecule has 0 spiro atoms. The summed E-state index contributed by atoms with van der Waals surface area (Å²) < 4.78 is 0. The monoisotopic (exact) mass is 373 g/mol. The first-order valence-electron chi connectivity index (χ1n) is 9.22. The van der Waals surface area contributed by atoms with E-state index >= 15 is 0 Å². The van der Waals surface area contributed by atoms with Crippen LogP contribution in [0.3, 0.4) is 0 Å². The fraction of sp³-hybridized carbons (Fsp3) is 0.174. The van der Waals surface area contributed by atoms with Gasteiger partial charge in [0.05, 0.1) is 34.7 Å². The molecule has 5 heteroatoms. The third-order valence-electron chi connectivity index (χ3n) is 3.81. The molecule has 1 heterocycles. The molecule has 2 aromatic carbocycles. The topological polar surface area (TPSA) is 89.6 Å². The number of pyridine rings is 1. The Hall–Kier alpha value is -3.47. The van der Waals surface area contributed by atoms with Crippen molar-refractivity contribution in [2.75, 3.05) is 11.5 Å². The molecule has 0 radical (unpaired) electrons. The summed E-state index contributed by atoms with van der Waals surface area (Å²) in [6, 6.07) is 17.1. The van der Waals surface area contributed by atoms with E-state index in [2.05, 4.69) is 35.5 Å². The molecule has 0 amide bonds. The first kappa shape index (κ1) is 20.8. The molecular weight excluding hydrogens is 346 g/mol. The summed E-state index contributed by atoms with van der Waals surface area (Å²) in [6.07, 6.45) is 2.96. The Morgan fingerprint density at radius 3 is 2.25 bits per heavy atom. The Morgan fingerprint density at radius 2 is 1.61 bits per heavy atom. The predicted molar refractivity (Wildman–Crippen MR) is 122 cm³/mol. The number of hydrogen-bond acceptors (Lipinski definition) is 5. The van der Waals surface area contributed by atoms with Gasteiger partial charge in [-0.1, -0.05) is 38.5 Å². The summed E-state index contributed by atoms with van der Waals surface area (Å²) in [6.45, 7) is 9.70. The zero-order valence-corrected chi connectivity index (χ0v) is 16.7. The summed E-state index contributed by atoms with van der Waals surface area (Å²) in [7, 11) is 0. The van der Waals surface area contributed by atoms with Crippen LogP contribution >= 0.6 is 0 Å². The van der Waals surface area contributed by atoms with Crippen molar-refractivity contribution in [2.45, 2.75) is 27.2 Å². The first-order valence-corrected chi connectivity index (χ1v) is 9.22. The molecule has 1 aromatic heterocycles. The highest BCUT2D eigenvalue weighted by molar-refractivity contribution is 5.84. The van der Waals surface area contributed by atoms with Crippen LogP contribution in [0.1, 0.15) is 31.7 Å². The quantitative estimate of drug-likeness (QED) is 0.452. The number of nitrogens with two attached hydrogens (primary N) is 2. The van der Waals surface area contributed by atoms with Gasteiger partial charge < -0.3 is 11.5 Å². The maximum atomic E-state index is 6.06. The van der Waals surface area contributed by atoms with E-state index in [1.54, 1.807) is 6.21 Å². The molecule has 0 unspecified atom stereocenters. The van der Waals surface area contributed by atoms with Gasteiger partial charge in [0.2, 0.25) is 0 Å². The van der Waals surface area contributed by atoms with Crippen molar-refractivity contribution in [2.24, 2.45) is 9.98 Å². The van der Waals surface area contributed by atoms with Gasteiger partial charge in [-0.3, -0.25) is 15.0 Å². The maximum absolute atomic E-state index is 6.06. The lowest BCUT2D eigenvalue weighted by Crippen LogP contribution is -1.91. The molecule has 0 aliphatic carbocycles. The maximum Gasteiger partial charge on any atom is 0.0865 e. The van der Waals surface area contributed by atoms with Gasteiger partial charge in [-0.15, -0.1) is 0 Å². The average molecular weight is 374 g/mol. The van der Waals surface area contributed by atoms with Crippen molar-refractivity contribution in [3.8, 4) is 11.1 Å². The van der Waals surface area contributed by atoms with Crippen LogP contribution < -0.4 is 11.5 Å². The predicted octanol–water partition coefficient (Wildman–Crippen LogP) is 5.72. The van der Waals surface area contributed by atoms with E-state index in [1.165, 1.54) is 6.42 Å². The molecule has 0 bridgehead atoms. The fourth-order valence-corrected chi connectivity index (χ4v) is 2.48. The highest BCUT2D eigenvalue weighted by atomic mass is 14.8. The second-order valence-electron chi connectivity index (χ2n) is 6.37. The van der Waals surface area contributed by atoms with Gasteiger partial charge in [-0.05, 0) is 61.2 Å². The number of aryl methyl sites for hydroxylation is 1. The lowest BCUT2D eigenvalue weighted by Gasteiger charge is -2.08. The Balaban J connectivity index is 0.000000878. The van der Waals surface area contributed by atoms with Crippen molar-refractivity contribution in [3.05, 3.63) is 66.0 Å². The molecule has 0 aliphatic heterocycles. The van der Waals surface area contributed by atoms with E-state index in [-0.39, 0.29) is 0 Å². The minimum absolute atomic E-state index is 0.582. The van der Waals surface area contributed by atoms with Gasteiger partial charge in [0, 0.05) is 5.69 Å². The number of benzene rings is 2. The molecule has 0 atom stereocenters. The molecule has 4 N–H and O–H groups in total. The van der Waals surface area contributed by atoms with Gasteiger partial charge in [-0.25, -0.2) is 0 Å². The van der Waals surface area contributed by atoms with Crippen molar-refractivity contribution in [1.82, 2.24) is 4.98 Å². The third kappa shape index (κ3) is 5.51.